The van der Waals surface area contributed by atoms with Gasteiger partial charge in [0.25, 0.3) is 0 Å². The Morgan fingerprint density at radius 1 is 1.37 bits per heavy atom. The van der Waals surface area contributed by atoms with Crippen molar-refractivity contribution in [1.29, 1.82) is 0 Å². The number of hydrogen-bond donors (Lipinski definition) is 1. The van der Waals surface area contributed by atoms with Gasteiger partial charge in [-0.3, -0.25) is 9.88 Å². The smallest absolute Gasteiger partial charge is 0.0547 e. The minimum atomic E-state index is 0.333. The molecule has 106 valence electrons. The fourth-order valence-corrected chi connectivity index (χ4v) is 3.04. The summed E-state index contributed by atoms with van der Waals surface area (Å²) in [7, 11) is 0. The van der Waals surface area contributed by atoms with Crippen molar-refractivity contribution in [3.05, 3.63) is 29.6 Å². The molecule has 1 fully saturated rings. The molecule has 0 bridgehead atoms. The van der Waals surface area contributed by atoms with E-state index < -0.39 is 0 Å². The molecule has 1 atom stereocenters. The van der Waals surface area contributed by atoms with Crippen molar-refractivity contribution in [2.24, 2.45) is 0 Å². The number of nitrogens with one attached hydrogen (secondary N) is 1. The molecule has 0 spiro atoms. The molecule has 1 aromatic rings. The minimum absolute atomic E-state index is 0.333. The van der Waals surface area contributed by atoms with Crippen LogP contribution in [0.3, 0.4) is 0 Å². The van der Waals surface area contributed by atoms with Crippen LogP contribution in [0.5, 0.6) is 0 Å². The topological polar surface area (TPSA) is 28.2 Å². The zero-order chi connectivity index (χ0) is 13.7. The second-order valence-electron chi connectivity index (χ2n) is 5.74. The summed E-state index contributed by atoms with van der Waals surface area (Å²) < 4.78 is 0. The molecule has 1 aromatic heterocycles. The highest BCUT2D eigenvalue weighted by Gasteiger charge is 2.32. The highest BCUT2D eigenvalue weighted by Crippen LogP contribution is 2.24. The number of aromatic nitrogens is 1. The SMILES string of the molecule is CCN(Cc1cccc(C)n1)CC1(CC)CCCN1. The van der Waals surface area contributed by atoms with Gasteiger partial charge in [0, 0.05) is 24.3 Å². The van der Waals surface area contributed by atoms with Gasteiger partial charge in [-0.15, -0.1) is 0 Å². The van der Waals surface area contributed by atoms with Crippen LogP contribution in [-0.2, 0) is 6.54 Å². The average molecular weight is 261 g/mol. The summed E-state index contributed by atoms with van der Waals surface area (Å²) in [5.74, 6) is 0. The van der Waals surface area contributed by atoms with Gasteiger partial charge in [0.05, 0.1) is 5.69 Å². The van der Waals surface area contributed by atoms with Crippen LogP contribution in [-0.4, -0.2) is 35.1 Å². The molecule has 2 rings (SSSR count). The summed E-state index contributed by atoms with van der Waals surface area (Å²) in [4.78, 5) is 7.14. The summed E-state index contributed by atoms with van der Waals surface area (Å²) in [6, 6.07) is 6.30. The lowest BCUT2D eigenvalue weighted by molar-refractivity contribution is 0.187. The second kappa shape index (κ2) is 6.49. The predicted octanol–water partition coefficient (Wildman–Crippen LogP) is 2.74. The molecule has 1 aliphatic rings. The molecule has 0 radical (unpaired) electrons. The Morgan fingerprint density at radius 3 is 2.79 bits per heavy atom. The molecule has 3 nitrogen and oxygen atoms in total. The highest BCUT2D eigenvalue weighted by atomic mass is 15.2. The largest absolute Gasteiger partial charge is 0.310 e. The summed E-state index contributed by atoms with van der Waals surface area (Å²) in [5.41, 5.74) is 2.63. The summed E-state index contributed by atoms with van der Waals surface area (Å²) in [6.45, 7) is 11.0. The van der Waals surface area contributed by atoms with Crippen molar-refractivity contribution in [2.45, 2.75) is 52.1 Å². The first-order valence-electron chi connectivity index (χ1n) is 7.57. The molecular formula is C16H27N3. The average Bonchev–Trinajstić information content (AvgIpc) is 2.87. The Kier molecular flexibility index (Phi) is 4.94. The normalized spacial score (nSPS) is 23.2. The Balaban J connectivity index is 2.00. The molecule has 0 amide bonds. The number of rotatable bonds is 6. The molecule has 1 N–H and O–H groups in total. The fraction of sp³-hybridized carbons (Fsp3) is 0.688. The zero-order valence-corrected chi connectivity index (χ0v) is 12.6. The van der Waals surface area contributed by atoms with Crippen LogP contribution in [0.4, 0.5) is 0 Å². The van der Waals surface area contributed by atoms with Gasteiger partial charge >= 0.3 is 0 Å². The maximum Gasteiger partial charge on any atom is 0.0547 e. The minimum Gasteiger partial charge on any atom is -0.310 e. The van der Waals surface area contributed by atoms with Gasteiger partial charge in [-0.25, -0.2) is 0 Å². The van der Waals surface area contributed by atoms with Crippen LogP contribution >= 0.6 is 0 Å². The fourth-order valence-electron chi connectivity index (χ4n) is 3.04. The van der Waals surface area contributed by atoms with E-state index in [0.29, 0.717) is 5.54 Å². The van der Waals surface area contributed by atoms with Gasteiger partial charge < -0.3 is 5.32 Å². The van der Waals surface area contributed by atoms with Crippen LogP contribution in [0.1, 0.15) is 44.5 Å². The zero-order valence-electron chi connectivity index (χ0n) is 12.6. The van der Waals surface area contributed by atoms with Crippen molar-refractivity contribution >= 4 is 0 Å². The van der Waals surface area contributed by atoms with E-state index in [4.69, 9.17) is 0 Å². The lowest BCUT2D eigenvalue weighted by Gasteiger charge is -2.34. The van der Waals surface area contributed by atoms with E-state index in [1.165, 1.54) is 31.5 Å². The number of hydrogen-bond acceptors (Lipinski definition) is 3. The van der Waals surface area contributed by atoms with Gasteiger partial charge in [-0.2, -0.15) is 0 Å². The molecule has 1 unspecified atom stereocenters. The van der Waals surface area contributed by atoms with Gasteiger partial charge in [0.2, 0.25) is 0 Å². The molecule has 0 aromatic carbocycles. The Hall–Kier alpha value is -0.930. The number of pyridine rings is 1. The van der Waals surface area contributed by atoms with Crippen molar-refractivity contribution in [3.63, 3.8) is 0 Å². The van der Waals surface area contributed by atoms with Crippen molar-refractivity contribution < 1.29 is 0 Å². The standard InChI is InChI=1S/C16H27N3/c1-4-16(10-7-11-17-16)13-19(5-2)12-15-9-6-8-14(3)18-15/h6,8-9,17H,4-5,7,10-13H2,1-3H3. The molecule has 1 aliphatic heterocycles. The summed E-state index contributed by atoms with van der Waals surface area (Å²) in [5, 5.41) is 3.72. The van der Waals surface area contributed by atoms with Crippen LogP contribution in [0.25, 0.3) is 0 Å². The molecule has 2 heterocycles. The Morgan fingerprint density at radius 2 is 2.21 bits per heavy atom. The van der Waals surface area contributed by atoms with E-state index in [1.807, 2.05) is 0 Å². The van der Waals surface area contributed by atoms with Crippen molar-refractivity contribution in [1.82, 2.24) is 15.2 Å². The maximum atomic E-state index is 4.62. The third-order valence-electron chi connectivity index (χ3n) is 4.31. The van der Waals surface area contributed by atoms with Crippen LogP contribution in [0.2, 0.25) is 0 Å². The molecule has 0 aliphatic carbocycles. The summed E-state index contributed by atoms with van der Waals surface area (Å²) >= 11 is 0. The first-order valence-corrected chi connectivity index (χ1v) is 7.57. The van der Waals surface area contributed by atoms with Crippen molar-refractivity contribution in [3.8, 4) is 0 Å². The first kappa shape index (κ1) is 14.5. The monoisotopic (exact) mass is 261 g/mol. The second-order valence-corrected chi connectivity index (χ2v) is 5.74. The molecule has 19 heavy (non-hydrogen) atoms. The van der Waals surface area contributed by atoms with Crippen LogP contribution in [0.15, 0.2) is 18.2 Å². The van der Waals surface area contributed by atoms with Crippen LogP contribution < -0.4 is 5.32 Å². The Bertz CT molecular complexity index is 397. The van der Waals surface area contributed by atoms with E-state index in [1.54, 1.807) is 0 Å². The van der Waals surface area contributed by atoms with Gasteiger partial charge in [-0.1, -0.05) is 19.9 Å². The van der Waals surface area contributed by atoms with E-state index >= 15 is 0 Å². The summed E-state index contributed by atoms with van der Waals surface area (Å²) in [6.07, 6.45) is 3.83. The maximum absolute atomic E-state index is 4.62. The van der Waals surface area contributed by atoms with E-state index in [9.17, 15) is 0 Å². The Labute approximate surface area is 117 Å². The van der Waals surface area contributed by atoms with Gasteiger partial charge in [0.1, 0.15) is 0 Å². The lowest BCUT2D eigenvalue weighted by Crippen LogP contribution is -2.49. The van der Waals surface area contributed by atoms with E-state index in [-0.39, 0.29) is 0 Å². The van der Waals surface area contributed by atoms with E-state index in [0.717, 1.165) is 25.3 Å². The van der Waals surface area contributed by atoms with Crippen LogP contribution in [0, 0.1) is 6.92 Å². The third-order valence-corrected chi connectivity index (χ3v) is 4.31. The predicted molar refractivity (Wildman–Crippen MR) is 80.2 cm³/mol. The third kappa shape index (κ3) is 3.77. The molecule has 0 saturated carbocycles. The first-order chi connectivity index (χ1) is 9.17. The van der Waals surface area contributed by atoms with E-state index in [2.05, 4.69) is 54.2 Å². The molecular weight excluding hydrogens is 234 g/mol. The van der Waals surface area contributed by atoms with Gasteiger partial charge in [-0.05, 0) is 51.4 Å². The quantitative estimate of drug-likeness (QED) is 0.853. The van der Waals surface area contributed by atoms with Crippen molar-refractivity contribution in [2.75, 3.05) is 19.6 Å². The number of aryl methyl sites for hydroxylation is 1. The number of nitrogens with zero attached hydrogens (tertiary/aromatic N) is 2. The molecule has 3 heteroatoms. The highest BCUT2D eigenvalue weighted by molar-refractivity contribution is 5.10. The number of likely N-dealkylation sites (N-methyl/N-ethyl adjacent to an activating group) is 1. The lowest BCUT2D eigenvalue weighted by atomic mass is 9.93. The van der Waals surface area contributed by atoms with Gasteiger partial charge in [0.15, 0.2) is 0 Å². The molecule has 1 saturated heterocycles.